The van der Waals surface area contributed by atoms with Gasteiger partial charge in [-0.3, -0.25) is 14.9 Å². The van der Waals surface area contributed by atoms with E-state index in [9.17, 15) is 20.0 Å². The Morgan fingerprint density at radius 2 is 2.39 bits per heavy atom. The SMILES string of the molecule is COCC(O)CCNC(=O)c1ccc([N+](=O)[O-])o1. The monoisotopic (exact) mass is 258 g/mol. The van der Waals surface area contributed by atoms with E-state index in [2.05, 4.69) is 5.32 Å². The van der Waals surface area contributed by atoms with E-state index in [4.69, 9.17) is 9.15 Å². The average Bonchev–Trinajstić information content (AvgIpc) is 2.78. The molecule has 18 heavy (non-hydrogen) atoms. The van der Waals surface area contributed by atoms with Crippen molar-refractivity contribution in [1.82, 2.24) is 5.32 Å². The lowest BCUT2D eigenvalue weighted by atomic mass is 10.2. The summed E-state index contributed by atoms with van der Waals surface area (Å²) >= 11 is 0. The fourth-order valence-corrected chi connectivity index (χ4v) is 1.26. The second kappa shape index (κ2) is 6.72. The molecule has 0 bridgehead atoms. The fourth-order valence-electron chi connectivity index (χ4n) is 1.26. The Labute approximate surface area is 103 Å². The molecule has 1 rings (SSSR count). The largest absolute Gasteiger partial charge is 0.433 e. The third-order valence-corrected chi connectivity index (χ3v) is 2.12. The molecule has 0 aliphatic heterocycles. The van der Waals surface area contributed by atoms with Gasteiger partial charge in [-0.25, -0.2) is 0 Å². The van der Waals surface area contributed by atoms with Gasteiger partial charge in [-0.05, 0) is 12.5 Å². The van der Waals surface area contributed by atoms with E-state index in [1.165, 1.54) is 13.2 Å². The summed E-state index contributed by atoms with van der Waals surface area (Å²) < 4.78 is 9.43. The van der Waals surface area contributed by atoms with Crippen LogP contribution in [0, 0.1) is 10.1 Å². The van der Waals surface area contributed by atoms with Gasteiger partial charge in [-0.1, -0.05) is 0 Å². The summed E-state index contributed by atoms with van der Waals surface area (Å²) in [5.41, 5.74) is 0. The second-order valence-corrected chi connectivity index (χ2v) is 3.55. The van der Waals surface area contributed by atoms with Crippen LogP contribution in [-0.4, -0.2) is 42.3 Å². The van der Waals surface area contributed by atoms with Gasteiger partial charge < -0.3 is 19.6 Å². The lowest BCUT2D eigenvalue weighted by molar-refractivity contribution is -0.402. The van der Waals surface area contributed by atoms with Crippen molar-refractivity contribution >= 4 is 11.8 Å². The zero-order valence-electron chi connectivity index (χ0n) is 9.79. The number of methoxy groups -OCH3 is 1. The smallest absolute Gasteiger partial charge is 0.395 e. The number of hydrogen-bond acceptors (Lipinski definition) is 6. The maximum Gasteiger partial charge on any atom is 0.433 e. The molecule has 8 nitrogen and oxygen atoms in total. The number of carbonyl (C=O) groups is 1. The fraction of sp³-hybridized carbons (Fsp3) is 0.500. The van der Waals surface area contributed by atoms with Gasteiger partial charge in [0.2, 0.25) is 0 Å². The first-order chi connectivity index (χ1) is 8.54. The van der Waals surface area contributed by atoms with Crippen molar-refractivity contribution in [2.75, 3.05) is 20.3 Å². The van der Waals surface area contributed by atoms with Crippen molar-refractivity contribution in [3.8, 4) is 0 Å². The maximum absolute atomic E-state index is 11.5. The van der Waals surface area contributed by atoms with Gasteiger partial charge in [0.05, 0.1) is 18.8 Å². The Balaban J connectivity index is 2.38. The minimum absolute atomic E-state index is 0.136. The van der Waals surface area contributed by atoms with E-state index in [0.717, 1.165) is 6.07 Å². The van der Waals surface area contributed by atoms with Crippen molar-refractivity contribution in [2.45, 2.75) is 12.5 Å². The number of furan rings is 1. The molecule has 1 heterocycles. The van der Waals surface area contributed by atoms with Crippen LogP contribution in [-0.2, 0) is 4.74 Å². The molecule has 1 aromatic rings. The third kappa shape index (κ3) is 4.15. The molecule has 0 aliphatic carbocycles. The maximum atomic E-state index is 11.5. The predicted octanol–water partition coefficient (Wildman–Crippen LogP) is 0.315. The van der Waals surface area contributed by atoms with Gasteiger partial charge in [-0.2, -0.15) is 0 Å². The molecule has 1 unspecified atom stereocenters. The second-order valence-electron chi connectivity index (χ2n) is 3.55. The van der Waals surface area contributed by atoms with Crippen molar-refractivity contribution < 1.29 is 24.0 Å². The number of aliphatic hydroxyl groups excluding tert-OH is 1. The van der Waals surface area contributed by atoms with Crippen molar-refractivity contribution in [2.24, 2.45) is 0 Å². The van der Waals surface area contributed by atoms with Crippen LogP contribution in [0.15, 0.2) is 16.5 Å². The summed E-state index contributed by atoms with van der Waals surface area (Å²) in [4.78, 5) is 21.1. The van der Waals surface area contributed by atoms with Gasteiger partial charge in [0, 0.05) is 13.7 Å². The molecule has 100 valence electrons. The van der Waals surface area contributed by atoms with Gasteiger partial charge in [0.15, 0.2) is 5.76 Å². The molecule has 0 aromatic carbocycles. The quantitative estimate of drug-likeness (QED) is 0.537. The Bertz CT molecular complexity index is 416. The number of carbonyl (C=O) groups excluding carboxylic acids is 1. The number of nitrogens with one attached hydrogen (secondary N) is 1. The highest BCUT2D eigenvalue weighted by Gasteiger charge is 2.17. The zero-order valence-corrected chi connectivity index (χ0v) is 9.79. The highest BCUT2D eigenvalue weighted by Crippen LogP contribution is 2.15. The minimum atomic E-state index is -0.723. The number of hydrogen-bond donors (Lipinski definition) is 2. The molecule has 0 spiro atoms. The van der Waals surface area contributed by atoms with Crippen LogP contribution in [0.4, 0.5) is 5.88 Å². The van der Waals surface area contributed by atoms with Gasteiger partial charge in [0.1, 0.15) is 4.92 Å². The molecular weight excluding hydrogens is 244 g/mol. The molecule has 0 fully saturated rings. The van der Waals surface area contributed by atoms with E-state index < -0.39 is 22.8 Å². The van der Waals surface area contributed by atoms with Crippen LogP contribution < -0.4 is 5.32 Å². The molecule has 1 atom stereocenters. The number of rotatable bonds is 7. The zero-order chi connectivity index (χ0) is 13.5. The molecule has 1 aromatic heterocycles. The van der Waals surface area contributed by atoms with Gasteiger partial charge in [-0.15, -0.1) is 0 Å². The van der Waals surface area contributed by atoms with Crippen molar-refractivity contribution in [3.05, 3.63) is 28.0 Å². The van der Waals surface area contributed by atoms with E-state index in [0.29, 0.717) is 6.42 Å². The van der Waals surface area contributed by atoms with E-state index >= 15 is 0 Å². The minimum Gasteiger partial charge on any atom is -0.395 e. The normalized spacial score (nSPS) is 12.1. The number of nitro groups is 1. The standard InChI is InChI=1S/C10H14N2O6/c1-17-6-7(13)4-5-11-10(14)8-2-3-9(18-8)12(15)16/h2-3,7,13H,4-6H2,1H3,(H,11,14). The van der Waals surface area contributed by atoms with Crippen LogP contribution in [0.2, 0.25) is 0 Å². The summed E-state index contributed by atoms with van der Waals surface area (Å²) in [5.74, 6) is -1.18. The van der Waals surface area contributed by atoms with Crippen LogP contribution in [0.25, 0.3) is 0 Å². The van der Waals surface area contributed by atoms with Gasteiger partial charge >= 0.3 is 5.88 Å². The molecule has 2 N–H and O–H groups in total. The van der Waals surface area contributed by atoms with Crippen LogP contribution in [0.5, 0.6) is 0 Å². The topological polar surface area (TPSA) is 115 Å². The number of aliphatic hydroxyl groups is 1. The molecule has 0 saturated carbocycles. The lowest BCUT2D eigenvalue weighted by Gasteiger charge is -2.09. The van der Waals surface area contributed by atoms with E-state index in [-0.39, 0.29) is 18.9 Å². The Morgan fingerprint density at radius 1 is 1.67 bits per heavy atom. The molecule has 1 amide bonds. The molecule has 8 heteroatoms. The summed E-state index contributed by atoms with van der Waals surface area (Å²) in [6.07, 6.45) is -0.344. The van der Waals surface area contributed by atoms with Crippen molar-refractivity contribution in [1.29, 1.82) is 0 Å². The van der Waals surface area contributed by atoms with Crippen LogP contribution >= 0.6 is 0 Å². The average molecular weight is 258 g/mol. The molecule has 0 saturated heterocycles. The first-order valence-corrected chi connectivity index (χ1v) is 5.24. The molecule has 0 radical (unpaired) electrons. The Hall–Kier alpha value is -1.93. The van der Waals surface area contributed by atoms with Crippen LogP contribution in [0.1, 0.15) is 17.0 Å². The van der Waals surface area contributed by atoms with Gasteiger partial charge in [0.25, 0.3) is 5.91 Å². The number of ether oxygens (including phenoxy) is 1. The first kappa shape index (κ1) is 14.1. The highest BCUT2D eigenvalue weighted by molar-refractivity contribution is 5.91. The highest BCUT2D eigenvalue weighted by atomic mass is 16.6. The summed E-state index contributed by atoms with van der Waals surface area (Å²) in [5, 5.41) is 22.1. The summed E-state index contributed by atoms with van der Waals surface area (Å²) in [7, 11) is 1.46. The summed E-state index contributed by atoms with van der Waals surface area (Å²) in [6, 6.07) is 2.33. The number of amides is 1. The molecular formula is C10H14N2O6. The lowest BCUT2D eigenvalue weighted by Crippen LogP contribution is -2.28. The van der Waals surface area contributed by atoms with E-state index in [1.807, 2.05) is 0 Å². The predicted molar refractivity (Wildman–Crippen MR) is 60.2 cm³/mol. The summed E-state index contributed by atoms with van der Waals surface area (Å²) in [6.45, 7) is 0.403. The number of nitrogens with zero attached hydrogens (tertiary/aromatic N) is 1. The van der Waals surface area contributed by atoms with Crippen LogP contribution in [0.3, 0.4) is 0 Å². The Kier molecular flexibility index (Phi) is 5.28. The first-order valence-electron chi connectivity index (χ1n) is 5.24. The van der Waals surface area contributed by atoms with Crippen molar-refractivity contribution in [3.63, 3.8) is 0 Å². The Morgan fingerprint density at radius 3 is 2.94 bits per heavy atom. The van der Waals surface area contributed by atoms with E-state index in [1.54, 1.807) is 0 Å². The molecule has 0 aliphatic rings. The third-order valence-electron chi connectivity index (χ3n) is 2.12.